The Hall–Kier alpha value is -2.38. The molecule has 0 spiro atoms. The lowest BCUT2D eigenvalue weighted by atomic mass is 9.77. The van der Waals surface area contributed by atoms with Gasteiger partial charge in [0.15, 0.2) is 12.6 Å². The average molecular weight is 1030 g/mol. The second kappa shape index (κ2) is 25.0. The van der Waals surface area contributed by atoms with Crippen molar-refractivity contribution >= 4 is 17.7 Å². The van der Waals surface area contributed by atoms with Crippen LogP contribution in [-0.4, -0.2) is 204 Å². The molecule has 0 unspecified atom stereocenters. The van der Waals surface area contributed by atoms with E-state index >= 15 is 0 Å². The summed E-state index contributed by atoms with van der Waals surface area (Å²) in [7, 11) is 5.21. The van der Waals surface area contributed by atoms with Crippen LogP contribution in [0.2, 0.25) is 0 Å². The van der Waals surface area contributed by atoms with Gasteiger partial charge in [0.1, 0.15) is 42.2 Å². The molecule has 7 N–H and O–H groups in total. The van der Waals surface area contributed by atoms with E-state index in [1.807, 2.05) is 68.3 Å². The lowest BCUT2D eigenvalue weighted by Crippen LogP contribution is -2.61. The molecule has 19 nitrogen and oxygen atoms in total. The number of carbonyl (C=O) groups is 1. The van der Waals surface area contributed by atoms with Gasteiger partial charge >= 0.3 is 5.97 Å². The quantitative estimate of drug-likeness (QED) is 0.100. The van der Waals surface area contributed by atoms with Crippen LogP contribution < -0.4 is 0 Å². The molecule has 1 aromatic heterocycles. The molecule has 0 aliphatic carbocycles. The maximum absolute atomic E-state index is 14.5. The minimum Gasteiger partial charge on any atom is -0.459 e. The zero-order chi connectivity index (χ0) is 52.9. The topological polar surface area (TPSA) is 251 Å². The molecule has 3 saturated heterocycles. The number of aliphatic hydroxyl groups is 7. The van der Waals surface area contributed by atoms with Gasteiger partial charge in [-0.15, -0.1) is 16.9 Å². The number of cyclic esters (lactones) is 1. The number of thioether (sulfide) groups is 1. The first-order chi connectivity index (χ1) is 33.2. The van der Waals surface area contributed by atoms with Gasteiger partial charge < -0.3 is 74.0 Å². The molecule has 0 radical (unpaired) electrons. The van der Waals surface area contributed by atoms with Crippen molar-refractivity contribution in [2.45, 2.75) is 209 Å². The third kappa shape index (κ3) is 13.9. The molecule has 3 aliphatic rings. The van der Waals surface area contributed by atoms with Crippen LogP contribution in [0, 0.1) is 17.8 Å². The second-order valence-corrected chi connectivity index (χ2v) is 22.5. The number of nitrogens with zero attached hydrogens (tertiary/aromatic N) is 5. The number of carbonyl (C=O) groups excluding carboxylic acids is 1. The van der Waals surface area contributed by atoms with E-state index in [-0.39, 0.29) is 31.8 Å². The summed E-state index contributed by atoms with van der Waals surface area (Å²) in [5, 5.41) is 89.8. The zero-order valence-corrected chi connectivity index (χ0v) is 45.3. The highest BCUT2D eigenvalue weighted by atomic mass is 32.2. The lowest BCUT2D eigenvalue weighted by Gasteiger charge is -2.49. The predicted octanol–water partition coefficient (Wildman–Crippen LogP) is 3.09. The molecule has 3 aliphatic heterocycles. The van der Waals surface area contributed by atoms with E-state index in [0.717, 1.165) is 4.90 Å². The fraction of sp³-hybridized carbons (Fsp3) is 0.824. The third-order valence-electron chi connectivity index (χ3n) is 15.7. The van der Waals surface area contributed by atoms with Crippen molar-refractivity contribution in [3.05, 3.63) is 41.7 Å². The van der Waals surface area contributed by atoms with Gasteiger partial charge in [-0.1, -0.05) is 38.1 Å². The fourth-order valence-corrected chi connectivity index (χ4v) is 11.5. The number of methoxy groups -OCH3 is 1. The van der Waals surface area contributed by atoms with Crippen LogP contribution in [0.15, 0.2) is 35.4 Å². The number of aromatic nitrogens is 3. The van der Waals surface area contributed by atoms with E-state index in [0.29, 0.717) is 37.2 Å². The van der Waals surface area contributed by atoms with Crippen LogP contribution in [0.5, 0.6) is 0 Å². The highest BCUT2D eigenvalue weighted by molar-refractivity contribution is 7.98. The minimum atomic E-state index is -1.85. The van der Waals surface area contributed by atoms with Crippen molar-refractivity contribution in [1.82, 2.24) is 24.8 Å². The maximum Gasteiger partial charge on any atom is 0.311 e. The summed E-state index contributed by atoms with van der Waals surface area (Å²) in [4.78, 5) is 19.4. The molecule has 0 amide bonds. The van der Waals surface area contributed by atoms with Gasteiger partial charge in [0.25, 0.3) is 0 Å². The van der Waals surface area contributed by atoms with Crippen LogP contribution in [0.1, 0.15) is 118 Å². The Kier molecular flexibility index (Phi) is 20.9. The predicted molar refractivity (Wildman–Crippen MR) is 266 cm³/mol. The Morgan fingerprint density at radius 3 is 2.25 bits per heavy atom. The minimum absolute atomic E-state index is 0.0881. The van der Waals surface area contributed by atoms with E-state index in [2.05, 4.69) is 10.3 Å². The van der Waals surface area contributed by atoms with Gasteiger partial charge in [-0.3, -0.25) is 4.79 Å². The zero-order valence-electron chi connectivity index (χ0n) is 44.5. The van der Waals surface area contributed by atoms with Crippen molar-refractivity contribution in [3.8, 4) is 0 Å². The Balaban J connectivity index is 1.44. The van der Waals surface area contributed by atoms with Gasteiger partial charge in [0, 0.05) is 62.1 Å². The summed E-state index contributed by atoms with van der Waals surface area (Å²) >= 11 is 1.59. The first-order valence-corrected chi connectivity index (χ1v) is 26.6. The van der Waals surface area contributed by atoms with Crippen LogP contribution in [-0.2, 0) is 39.6 Å². The Labute approximate surface area is 425 Å². The number of rotatable bonds is 15. The van der Waals surface area contributed by atoms with E-state index in [1.54, 1.807) is 66.4 Å². The molecular weight excluding hydrogens is 939 g/mol. The summed E-state index contributed by atoms with van der Waals surface area (Å²) in [5.74, 6) is -2.85. The molecular formula is C51H87N5O14S. The van der Waals surface area contributed by atoms with Gasteiger partial charge in [0.2, 0.25) is 0 Å². The van der Waals surface area contributed by atoms with Gasteiger partial charge in [-0.2, -0.15) is 0 Å². The number of hydrogen-bond donors (Lipinski definition) is 7. The molecule has 71 heavy (non-hydrogen) atoms. The van der Waals surface area contributed by atoms with E-state index < -0.39 is 120 Å². The smallest absolute Gasteiger partial charge is 0.311 e. The summed E-state index contributed by atoms with van der Waals surface area (Å²) in [6.45, 7) is 17.9. The largest absolute Gasteiger partial charge is 0.459 e. The molecule has 406 valence electrons. The standard InChI is InChI=1S/C51H87N5O14S/c1-15-39-51(10,64)44(60)32(6)55(12)25-28(2)23-49(8,63)46(30(4)43(31(5)47(62)68-39)69-40-24-50(9,65-13)45(61)33(7)67-40)70-48-42(59)37(22-29(3)66-48)54(11)21-20-35-26-56(53-52-35)38(27-57)41(58)34-16-18-36(71-14)19-17-34/h16-19,26,28-33,37-46,48,57-61,63-64H,15,20-25,27H2,1-14H3/t28-,29-,30+,31-,32-,33+,37+,38+,39-,40+,41+,42-,43+,44-,45+,46-,48+,49-,50-,51-/m1/s1. The van der Waals surface area contributed by atoms with Crippen molar-refractivity contribution in [1.29, 1.82) is 0 Å². The Morgan fingerprint density at radius 2 is 1.65 bits per heavy atom. The van der Waals surface area contributed by atoms with Crippen molar-refractivity contribution in [2.24, 2.45) is 17.8 Å². The summed E-state index contributed by atoms with van der Waals surface area (Å²) in [6.07, 6.45) is -6.29. The number of ether oxygens (including phenoxy) is 6. The van der Waals surface area contributed by atoms with Crippen molar-refractivity contribution in [3.63, 3.8) is 0 Å². The monoisotopic (exact) mass is 1030 g/mol. The normalized spacial score (nSPS) is 40.4. The van der Waals surface area contributed by atoms with E-state index in [9.17, 15) is 40.5 Å². The summed E-state index contributed by atoms with van der Waals surface area (Å²) in [6, 6.07) is 5.66. The SMILES string of the molecule is CC[C@H]1OC(=O)[C@H](C)[C@@H](O[C@H]2C[C@@](C)(OC)[C@@H](O)[C@H](C)O2)[C@H](C)[C@@H](O[C@@H]2O[C@H](C)C[C@H](N(C)CCc3cn([C@@H](CO)[C@@H](O)c4ccc(SC)cc4)nn3)[C@H]2O)[C@](C)(O)C[C@@H](C)CN(C)[C@H](C)[C@@H](O)[C@]1(C)O. The lowest BCUT2D eigenvalue weighted by molar-refractivity contribution is -0.318. The highest BCUT2D eigenvalue weighted by Gasteiger charge is 2.53. The maximum atomic E-state index is 14.5. The molecule has 4 heterocycles. The highest BCUT2D eigenvalue weighted by Crippen LogP contribution is 2.40. The van der Waals surface area contributed by atoms with Gasteiger partial charge in [0.05, 0.1) is 53.8 Å². The average Bonchev–Trinajstić information content (AvgIpc) is 3.80. The van der Waals surface area contributed by atoms with E-state index in [4.69, 9.17) is 28.4 Å². The number of likely N-dealkylation sites (N-methyl/N-ethyl adjacent to an activating group) is 2. The molecule has 0 saturated carbocycles. The Morgan fingerprint density at radius 1 is 0.986 bits per heavy atom. The van der Waals surface area contributed by atoms with Crippen LogP contribution >= 0.6 is 11.8 Å². The molecule has 20 atom stereocenters. The third-order valence-corrected chi connectivity index (χ3v) is 16.5. The molecule has 1 aromatic carbocycles. The molecule has 2 aromatic rings. The first kappa shape index (κ1) is 59.5. The number of aliphatic hydroxyl groups excluding tert-OH is 5. The van der Waals surface area contributed by atoms with Gasteiger partial charge in [-0.05, 0) is 112 Å². The van der Waals surface area contributed by atoms with Crippen molar-refractivity contribution in [2.75, 3.05) is 47.2 Å². The van der Waals surface area contributed by atoms with Crippen LogP contribution in [0.4, 0.5) is 0 Å². The number of hydrogen-bond acceptors (Lipinski definition) is 19. The molecule has 5 rings (SSSR count). The number of esters is 1. The molecule has 20 heteroatoms. The van der Waals surface area contributed by atoms with E-state index in [1.165, 1.54) is 18.7 Å². The second-order valence-electron chi connectivity index (χ2n) is 21.6. The summed E-state index contributed by atoms with van der Waals surface area (Å²) < 4.78 is 39.7. The van der Waals surface area contributed by atoms with Gasteiger partial charge in [-0.25, -0.2) is 4.68 Å². The van der Waals surface area contributed by atoms with Crippen LogP contribution in [0.25, 0.3) is 0 Å². The fourth-order valence-electron chi connectivity index (χ4n) is 11.1. The Bertz CT molecular complexity index is 1970. The molecule has 0 bridgehead atoms. The summed E-state index contributed by atoms with van der Waals surface area (Å²) in [5.41, 5.74) is -3.31. The first-order valence-electron chi connectivity index (χ1n) is 25.3. The molecule has 3 fully saturated rings. The van der Waals surface area contributed by atoms with Crippen LogP contribution in [0.3, 0.4) is 0 Å². The number of benzene rings is 1. The van der Waals surface area contributed by atoms with Crippen molar-refractivity contribution < 1.29 is 69.0 Å².